The number of aromatic nitrogens is 1. The third kappa shape index (κ3) is 2.20. The number of fused-ring (bicyclic) bond motifs is 1. The number of nitrogens with one attached hydrogen (secondary N) is 1. The van der Waals surface area contributed by atoms with Gasteiger partial charge in [-0.25, -0.2) is 4.98 Å². The quantitative estimate of drug-likeness (QED) is 0.862. The van der Waals surface area contributed by atoms with Crippen LogP contribution in [0.1, 0.15) is 12.6 Å². The lowest BCUT2D eigenvalue weighted by atomic mass is 10.1. The van der Waals surface area contributed by atoms with Crippen LogP contribution in [0.3, 0.4) is 0 Å². The lowest BCUT2D eigenvalue weighted by Gasteiger charge is -2.10. The molecule has 1 N–H and O–H groups in total. The summed E-state index contributed by atoms with van der Waals surface area (Å²) in [5.74, 6) is 0.609. The first-order valence-corrected chi connectivity index (χ1v) is 5.34. The van der Waals surface area contributed by atoms with Gasteiger partial charge in [0.15, 0.2) is 0 Å². The van der Waals surface area contributed by atoms with Crippen LogP contribution in [-0.2, 0) is 4.79 Å². The molecule has 0 aliphatic carbocycles. The van der Waals surface area contributed by atoms with Crippen molar-refractivity contribution in [2.24, 2.45) is 0 Å². The lowest BCUT2D eigenvalue weighted by molar-refractivity contribution is -0.114. The van der Waals surface area contributed by atoms with Crippen LogP contribution in [-0.4, -0.2) is 18.0 Å². The fraction of sp³-hybridized carbons (Fsp3) is 0.231. The molecule has 0 bridgehead atoms. The zero-order chi connectivity index (χ0) is 12.4. The van der Waals surface area contributed by atoms with Gasteiger partial charge in [0.05, 0.1) is 12.8 Å². The van der Waals surface area contributed by atoms with E-state index in [-0.39, 0.29) is 5.91 Å². The van der Waals surface area contributed by atoms with Crippen molar-refractivity contribution >= 4 is 22.5 Å². The van der Waals surface area contributed by atoms with Crippen molar-refractivity contribution < 1.29 is 9.53 Å². The fourth-order valence-corrected chi connectivity index (χ4v) is 1.81. The monoisotopic (exact) mass is 230 g/mol. The molecule has 0 unspecified atom stereocenters. The first-order chi connectivity index (χ1) is 8.11. The highest BCUT2D eigenvalue weighted by Gasteiger charge is 2.08. The van der Waals surface area contributed by atoms with Crippen LogP contribution in [0, 0.1) is 6.92 Å². The van der Waals surface area contributed by atoms with Crippen molar-refractivity contribution in [2.45, 2.75) is 13.8 Å². The maximum Gasteiger partial charge on any atom is 0.221 e. The molecule has 1 aromatic carbocycles. The minimum absolute atomic E-state index is 0.0975. The van der Waals surface area contributed by atoms with E-state index in [4.69, 9.17) is 4.74 Å². The number of nitrogens with zero attached hydrogens (tertiary/aromatic N) is 1. The van der Waals surface area contributed by atoms with Gasteiger partial charge in [-0.1, -0.05) is 12.1 Å². The van der Waals surface area contributed by atoms with Gasteiger partial charge in [0.2, 0.25) is 5.91 Å². The average Bonchev–Trinajstić information content (AvgIpc) is 2.27. The van der Waals surface area contributed by atoms with Crippen molar-refractivity contribution in [3.63, 3.8) is 0 Å². The molecule has 4 heteroatoms. The molecule has 1 aromatic heterocycles. The second kappa shape index (κ2) is 4.41. The molecular weight excluding hydrogens is 216 g/mol. The first-order valence-electron chi connectivity index (χ1n) is 5.34. The molecule has 0 fully saturated rings. The Morgan fingerprint density at radius 1 is 1.41 bits per heavy atom. The highest BCUT2D eigenvalue weighted by atomic mass is 16.5. The number of para-hydroxylation sites is 1. The molecule has 0 saturated heterocycles. The number of ether oxygens (including phenoxy) is 1. The summed E-state index contributed by atoms with van der Waals surface area (Å²) in [6.45, 7) is 3.37. The summed E-state index contributed by atoms with van der Waals surface area (Å²) in [6, 6.07) is 7.49. The van der Waals surface area contributed by atoms with Gasteiger partial charge in [-0.3, -0.25) is 4.79 Å². The van der Waals surface area contributed by atoms with Crippen LogP contribution in [0.2, 0.25) is 0 Å². The number of aryl methyl sites for hydroxylation is 1. The number of pyridine rings is 1. The van der Waals surface area contributed by atoms with E-state index in [2.05, 4.69) is 10.3 Å². The molecular formula is C13H14N2O2. The summed E-state index contributed by atoms with van der Waals surface area (Å²) in [6.07, 6.45) is 0. The molecule has 0 saturated carbocycles. The van der Waals surface area contributed by atoms with Crippen LogP contribution in [0.15, 0.2) is 24.3 Å². The number of amides is 1. The zero-order valence-corrected chi connectivity index (χ0v) is 10.1. The highest BCUT2D eigenvalue weighted by Crippen LogP contribution is 2.29. The fourth-order valence-electron chi connectivity index (χ4n) is 1.81. The predicted molar refractivity (Wildman–Crippen MR) is 67.3 cm³/mol. The molecule has 0 spiro atoms. The van der Waals surface area contributed by atoms with E-state index in [9.17, 15) is 4.79 Å². The van der Waals surface area contributed by atoms with Crippen molar-refractivity contribution in [3.05, 3.63) is 30.0 Å². The van der Waals surface area contributed by atoms with Gasteiger partial charge < -0.3 is 10.1 Å². The molecule has 4 nitrogen and oxygen atoms in total. The van der Waals surface area contributed by atoms with Crippen molar-refractivity contribution in [1.29, 1.82) is 0 Å². The Kier molecular flexibility index (Phi) is 2.95. The molecule has 0 aliphatic heterocycles. The molecule has 1 amide bonds. The largest absolute Gasteiger partial charge is 0.494 e. The number of rotatable bonds is 2. The topological polar surface area (TPSA) is 51.2 Å². The smallest absolute Gasteiger partial charge is 0.221 e. The maximum atomic E-state index is 11.2. The van der Waals surface area contributed by atoms with Crippen molar-refractivity contribution in [2.75, 3.05) is 12.4 Å². The van der Waals surface area contributed by atoms with Gasteiger partial charge in [-0.15, -0.1) is 0 Å². The summed E-state index contributed by atoms with van der Waals surface area (Å²) in [4.78, 5) is 15.6. The van der Waals surface area contributed by atoms with Crippen LogP contribution in [0.25, 0.3) is 10.9 Å². The van der Waals surface area contributed by atoms with E-state index >= 15 is 0 Å². The van der Waals surface area contributed by atoms with Crippen LogP contribution >= 0.6 is 0 Å². The van der Waals surface area contributed by atoms with Crippen LogP contribution in [0.5, 0.6) is 5.75 Å². The second-order valence-corrected chi connectivity index (χ2v) is 3.85. The van der Waals surface area contributed by atoms with Gasteiger partial charge in [0, 0.05) is 18.0 Å². The number of anilines is 1. The van der Waals surface area contributed by atoms with Gasteiger partial charge >= 0.3 is 0 Å². The average molecular weight is 230 g/mol. The van der Waals surface area contributed by atoms with E-state index in [0.29, 0.717) is 5.75 Å². The maximum absolute atomic E-state index is 11.2. The Morgan fingerprint density at radius 2 is 2.18 bits per heavy atom. The minimum atomic E-state index is -0.0975. The summed E-state index contributed by atoms with van der Waals surface area (Å²) in [5, 5.41) is 3.69. The summed E-state index contributed by atoms with van der Waals surface area (Å²) in [7, 11) is 1.61. The standard InChI is InChI=1S/C13H14N2O2/c1-8-7-11(15-9(2)16)10-5-4-6-12(17-3)13(10)14-8/h4-7H,1-3H3,(H,14,15,16). The predicted octanol–water partition coefficient (Wildman–Crippen LogP) is 2.51. The molecule has 88 valence electrons. The summed E-state index contributed by atoms with van der Waals surface area (Å²) in [5.41, 5.74) is 2.36. The summed E-state index contributed by atoms with van der Waals surface area (Å²) >= 11 is 0. The van der Waals surface area contributed by atoms with E-state index in [0.717, 1.165) is 22.3 Å². The molecule has 0 aliphatic rings. The molecule has 0 radical (unpaired) electrons. The number of hydrogen-bond donors (Lipinski definition) is 1. The van der Waals surface area contributed by atoms with E-state index < -0.39 is 0 Å². The Bertz CT molecular complexity index is 579. The lowest BCUT2D eigenvalue weighted by Crippen LogP contribution is -2.07. The molecule has 2 rings (SSSR count). The number of hydrogen-bond acceptors (Lipinski definition) is 3. The van der Waals surface area contributed by atoms with Crippen molar-refractivity contribution in [3.8, 4) is 5.75 Å². The van der Waals surface area contributed by atoms with Gasteiger partial charge in [-0.2, -0.15) is 0 Å². The van der Waals surface area contributed by atoms with Crippen molar-refractivity contribution in [1.82, 2.24) is 4.98 Å². The molecule has 1 heterocycles. The van der Waals surface area contributed by atoms with E-state index in [1.54, 1.807) is 7.11 Å². The Labute approximate surface area is 99.6 Å². The Balaban J connectivity index is 2.71. The highest BCUT2D eigenvalue weighted by molar-refractivity contribution is 6.01. The molecule has 0 atom stereocenters. The number of carbonyl (C=O) groups excluding carboxylic acids is 1. The summed E-state index contributed by atoms with van der Waals surface area (Å²) < 4.78 is 5.27. The number of carbonyl (C=O) groups is 1. The SMILES string of the molecule is COc1cccc2c(NC(C)=O)cc(C)nc12. The third-order valence-corrected chi connectivity index (χ3v) is 2.46. The van der Waals surface area contributed by atoms with Crippen LogP contribution in [0.4, 0.5) is 5.69 Å². The van der Waals surface area contributed by atoms with Gasteiger partial charge in [0.1, 0.15) is 11.3 Å². The normalized spacial score (nSPS) is 10.3. The zero-order valence-electron chi connectivity index (χ0n) is 10.1. The Hall–Kier alpha value is -2.10. The van der Waals surface area contributed by atoms with E-state index in [1.165, 1.54) is 6.92 Å². The second-order valence-electron chi connectivity index (χ2n) is 3.85. The Morgan fingerprint density at radius 3 is 2.82 bits per heavy atom. The molecule has 2 aromatic rings. The van der Waals surface area contributed by atoms with Crippen LogP contribution < -0.4 is 10.1 Å². The molecule has 17 heavy (non-hydrogen) atoms. The number of benzene rings is 1. The first kappa shape index (κ1) is 11.4. The van der Waals surface area contributed by atoms with Gasteiger partial charge in [-0.05, 0) is 19.1 Å². The van der Waals surface area contributed by atoms with E-state index in [1.807, 2.05) is 31.2 Å². The minimum Gasteiger partial charge on any atom is -0.494 e. The van der Waals surface area contributed by atoms with Gasteiger partial charge in [0.25, 0.3) is 0 Å². The third-order valence-electron chi connectivity index (χ3n) is 2.46. The number of methoxy groups -OCH3 is 1.